The summed E-state index contributed by atoms with van der Waals surface area (Å²) in [6.07, 6.45) is 10.8. The maximum atomic E-state index is 14.5. The van der Waals surface area contributed by atoms with Gasteiger partial charge in [0.05, 0.1) is 28.8 Å². The van der Waals surface area contributed by atoms with Crippen molar-refractivity contribution in [1.82, 2.24) is 4.90 Å². The van der Waals surface area contributed by atoms with Crippen molar-refractivity contribution in [2.45, 2.75) is 63.2 Å². The van der Waals surface area contributed by atoms with Crippen LogP contribution in [-0.4, -0.2) is 71.3 Å². The number of nitrogens with zero attached hydrogens (tertiary/aromatic N) is 2. The second-order valence-corrected chi connectivity index (χ2v) is 11.2. The van der Waals surface area contributed by atoms with Gasteiger partial charge < -0.3 is 24.4 Å². The monoisotopic (exact) mass is 542 g/mol. The van der Waals surface area contributed by atoms with Crippen molar-refractivity contribution in [3.63, 3.8) is 0 Å². The molecule has 0 radical (unpaired) electrons. The predicted molar refractivity (Wildman–Crippen MR) is 143 cm³/mol. The first-order valence-corrected chi connectivity index (χ1v) is 13.8. The second kappa shape index (κ2) is 10.5. The maximum Gasteiger partial charge on any atom is 0.313 e. The Hall–Kier alpha value is -2.68. The van der Waals surface area contributed by atoms with Gasteiger partial charge in [0.1, 0.15) is 17.6 Å². The highest BCUT2D eigenvalue weighted by molar-refractivity contribution is 6.34. The number of carbonyl (C=O) groups excluding carboxylic acids is 3. The molecule has 5 atom stereocenters. The molecule has 1 aromatic carbocycles. The lowest BCUT2D eigenvalue weighted by molar-refractivity contribution is -0.158. The van der Waals surface area contributed by atoms with E-state index in [4.69, 9.17) is 21.1 Å². The third-order valence-electron chi connectivity index (χ3n) is 8.27. The van der Waals surface area contributed by atoms with Crippen molar-refractivity contribution < 1.29 is 29.0 Å². The molecule has 2 saturated heterocycles. The average Bonchev–Trinajstić information content (AvgIpc) is 3.22. The fourth-order valence-electron chi connectivity index (χ4n) is 6.61. The van der Waals surface area contributed by atoms with Crippen LogP contribution in [0.15, 0.2) is 42.5 Å². The third-order valence-corrected chi connectivity index (χ3v) is 8.57. The summed E-state index contributed by atoms with van der Waals surface area (Å²) in [7, 11) is 0. The molecule has 8 nitrogen and oxygen atoms in total. The molecule has 1 aromatic rings. The molecule has 2 fully saturated rings. The normalized spacial score (nSPS) is 33.6. The van der Waals surface area contributed by atoms with Gasteiger partial charge in [0.15, 0.2) is 0 Å². The van der Waals surface area contributed by atoms with Crippen LogP contribution in [0.25, 0.3) is 0 Å². The van der Waals surface area contributed by atoms with Gasteiger partial charge in [0.2, 0.25) is 5.91 Å². The summed E-state index contributed by atoms with van der Waals surface area (Å²) < 4.78 is 12.4. The average molecular weight is 543 g/mol. The first-order chi connectivity index (χ1) is 18.2. The van der Waals surface area contributed by atoms with E-state index in [2.05, 4.69) is 0 Å². The van der Waals surface area contributed by atoms with Gasteiger partial charge in [-0.1, -0.05) is 48.0 Å². The van der Waals surface area contributed by atoms with Gasteiger partial charge in [-0.3, -0.25) is 14.4 Å². The number of allylic oxidation sites excluding steroid dienone is 1. The molecule has 38 heavy (non-hydrogen) atoms. The number of likely N-dealkylation sites (tertiary alicyclic amines) is 1. The highest BCUT2D eigenvalue weighted by Gasteiger charge is 2.74. The van der Waals surface area contributed by atoms with Crippen molar-refractivity contribution in [2.75, 3.05) is 31.2 Å². The Morgan fingerprint density at radius 3 is 2.66 bits per heavy atom. The van der Waals surface area contributed by atoms with E-state index in [1.54, 1.807) is 15.9 Å². The number of cyclic esters (lactones) is 1. The first-order valence-electron chi connectivity index (χ1n) is 13.5. The number of ether oxygens (including phenoxy) is 2. The standard InChI is InChI=1S/C29H35ClN2O6/c1-19-11-9-12-20(30)23(19)31-16-10-14-29-21(22-27(36)37-18-8-3-5-13-28(22,2)38-29)25(34)32(24(29)26(31)35)15-6-4-7-17-33/h5,9-14,21-22,24,33H,3-4,6-8,15-18H2,1-2H3/b13-5-/t21-,22-,24?,28+,29-/m0/s1. The molecular formula is C29H35ClN2O6. The number of aliphatic hydroxyl groups is 1. The molecule has 0 bridgehead atoms. The molecule has 1 spiro atoms. The van der Waals surface area contributed by atoms with Gasteiger partial charge in [-0.05, 0) is 57.6 Å². The molecule has 4 aliphatic rings. The zero-order valence-corrected chi connectivity index (χ0v) is 22.7. The zero-order valence-electron chi connectivity index (χ0n) is 21.9. The quantitative estimate of drug-likeness (QED) is 0.335. The molecule has 9 heteroatoms. The summed E-state index contributed by atoms with van der Waals surface area (Å²) in [5.74, 6) is -2.85. The molecular weight excluding hydrogens is 508 g/mol. The number of carbonyl (C=O) groups is 3. The van der Waals surface area contributed by atoms with Crippen molar-refractivity contribution in [3.8, 4) is 0 Å². The number of anilines is 1. The predicted octanol–water partition coefficient (Wildman–Crippen LogP) is 3.58. The Kier molecular flexibility index (Phi) is 7.42. The number of fused-ring (bicyclic) bond motifs is 2. The molecule has 2 amide bonds. The zero-order chi connectivity index (χ0) is 27.1. The number of para-hydroxylation sites is 1. The van der Waals surface area contributed by atoms with E-state index in [1.807, 2.05) is 50.3 Å². The van der Waals surface area contributed by atoms with Crippen molar-refractivity contribution in [2.24, 2.45) is 11.8 Å². The summed E-state index contributed by atoms with van der Waals surface area (Å²) in [6.45, 7) is 4.61. The van der Waals surface area contributed by atoms with Crippen LogP contribution >= 0.6 is 11.6 Å². The summed E-state index contributed by atoms with van der Waals surface area (Å²) >= 11 is 6.59. The number of unbranched alkanes of at least 4 members (excludes halogenated alkanes) is 2. The number of hydrogen-bond donors (Lipinski definition) is 1. The van der Waals surface area contributed by atoms with Gasteiger partial charge in [-0.2, -0.15) is 0 Å². The minimum atomic E-state index is -1.34. The lowest BCUT2D eigenvalue weighted by Gasteiger charge is -2.37. The SMILES string of the molecule is Cc1cccc(Cl)c1N1CC=C[C@]23O[C@]4(C)/C=C\CCCOC(=O)[C@@H]4[C@H]2C(=O)N(CCCCCO)C3C1=O. The van der Waals surface area contributed by atoms with E-state index in [-0.39, 0.29) is 31.6 Å². The van der Waals surface area contributed by atoms with Crippen LogP contribution in [0.5, 0.6) is 0 Å². The third kappa shape index (κ3) is 4.27. The molecule has 1 unspecified atom stereocenters. The number of aryl methyl sites for hydroxylation is 1. The van der Waals surface area contributed by atoms with Crippen LogP contribution in [0.4, 0.5) is 5.69 Å². The number of halogens is 1. The van der Waals surface area contributed by atoms with Crippen molar-refractivity contribution in [1.29, 1.82) is 0 Å². The van der Waals surface area contributed by atoms with Gasteiger partial charge in [0.25, 0.3) is 5.91 Å². The van der Waals surface area contributed by atoms with E-state index in [9.17, 15) is 19.5 Å². The van der Waals surface area contributed by atoms with Crippen LogP contribution in [0, 0.1) is 18.8 Å². The Labute approximate surface area is 228 Å². The van der Waals surface area contributed by atoms with Crippen LogP contribution in [0.1, 0.15) is 44.6 Å². The van der Waals surface area contributed by atoms with E-state index in [0.29, 0.717) is 42.9 Å². The minimum Gasteiger partial charge on any atom is -0.465 e. The van der Waals surface area contributed by atoms with E-state index < -0.39 is 35.0 Å². The Morgan fingerprint density at radius 2 is 1.89 bits per heavy atom. The summed E-state index contributed by atoms with van der Waals surface area (Å²) in [4.78, 5) is 45.3. The molecule has 204 valence electrons. The maximum absolute atomic E-state index is 14.5. The Balaban J connectivity index is 1.62. The molecule has 0 aromatic heterocycles. The number of rotatable bonds is 6. The van der Waals surface area contributed by atoms with Crippen LogP contribution in [0.3, 0.4) is 0 Å². The second-order valence-electron chi connectivity index (χ2n) is 10.8. The molecule has 0 saturated carbocycles. The number of esters is 1. The Bertz CT molecular complexity index is 1160. The van der Waals surface area contributed by atoms with Gasteiger partial charge >= 0.3 is 5.97 Å². The fraction of sp³-hybridized carbons (Fsp3) is 0.552. The molecule has 1 N–H and O–H groups in total. The number of benzene rings is 1. The number of hydrogen-bond acceptors (Lipinski definition) is 6. The summed E-state index contributed by atoms with van der Waals surface area (Å²) in [6, 6.07) is 4.50. The highest BCUT2D eigenvalue weighted by Crippen LogP contribution is 2.57. The largest absolute Gasteiger partial charge is 0.465 e. The first kappa shape index (κ1) is 26.9. The molecule has 4 heterocycles. The van der Waals surface area contributed by atoms with Gasteiger partial charge in [-0.25, -0.2) is 0 Å². The highest BCUT2D eigenvalue weighted by atomic mass is 35.5. The van der Waals surface area contributed by atoms with E-state index in [1.165, 1.54) is 0 Å². The van der Waals surface area contributed by atoms with Crippen LogP contribution in [0.2, 0.25) is 5.02 Å². The summed E-state index contributed by atoms with van der Waals surface area (Å²) in [5, 5.41) is 9.68. The molecule has 4 aliphatic heterocycles. The smallest absolute Gasteiger partial charge is 0.313 e. The fourth-order valence-corrected chi connectivity index (χ4v) is 6.93. The number of amides is 2. The Morgan fingerprint density at radius 1 is 1.08 bits per heavy atom. The van der Waals surface area contributed by atoms with Crippen molar-refractivity contribution in [3.05, 3.63) is 53.1 Å². The number of aliphatic hydroxyl groups excluding tert-OH is 1. The van der Waals surface area contributed by atoms with Gasteiger partial charge in [0, 0.05) is 19.7 Å². The van der Waals surface area contributed by atoms with Gasteiger partial charge in [-0.15, -0.1) is 0 Å². The lowest BCUT2D eigenvalue weighted by atomic mass is 9.74. The van der Waals surface area contributed by atoms with Crippen LogP contribution < -0.4 is 4.90 Å². The summed E-state index contributed by atoms with van der Waals surface area (Å²) in [5.41, 5.74) is -1.00. The minimum absolute atomic E-state index is 0.0624. The molecule has 0 aliphatic carbocycles. The van der Waals surface area contributed by atoms with E-state index in [0.717, 1.165) is 12.0 Å². The van der Waals surface area contributed by atoms with Crippen LogP contribution in [-0.2, 0) is 23.9 Å². The molecule has 5 rings (SSSR count). The van der Waals surface area contributed by atoms with E-state index >= 15 is 0 Å². The van der Waals surface area contributed by atoms with Crippen molar-refractivity contribution >= 4 is 35.1 Å². The topological polar surface area (TPSA) is 96.4 Å². The lowest BCUT2D eigenvalue weighted by Crippen LogP contribution is -2.56.